The van der Waals surface area contributed by atoms with Crippen molar-refractivity contribution in [2.45, 2.75) is 26.2 Å². The lowest BCUT2D eigenvalue weighted by molar-refractivity contribution is -0.384. The number of benzene rings is 2. The zero-order valence-corrected chi connectivity index (χ0v) is 16.8. The molecular weight excluding hydrogens is 390 g/mol. The van der Waals surface area contributed by atoms with Gasteiger partial charge < -0.3 is 10.1 Å². The number of rotatable bonds is 9. The molecule has 2 aromatic carbocycles. The highest BCUT2D eigenvalue weighted by atomic mass is 32.1. The van der Waals surface area contributed by atoms with E-state index in [1.165, 1.54) is 29.0 Å². The van der Waals surface area contributed by atoms with E-state index in [1.54, 1.807) is 17.5 Å². The summed E-state index contributed by atoms with van der Waals surface area (Å²) in [6, 6.07) is 14.1. The van der Waals surface area contributed by atoms with Crippen molar-refractivity contribution in [1.29, 1.82) is 0 Å². The molecule has 1 heterocycles. The molecular formula is C21H21N3O4S. The van der Waals surface area contributed by atoms with E-state index in [0.717, 1.165) is 17.7 Å². The van der Waals surface area contributed by atoms with E-state index in [0.29, 0.717) is 30.3 Å². The summed E-state index contributed by atoms with van der Waals surface area (Å²) in [6.07, 6.45) is 1.92. The first-order valence-electron chi connectivity index (χ1n) is 9.27. The minimum Gasteiger partial charge on any atom is -0.494 e. The third-order valence-electron chi connectivity index (χ3n) is 4.27. The second kappa shape index (κ2) is 9.79. The van der Waals surface area contributed by atoms with Crippen molar-refractivity contribution < 1.29 is 14.5 Å². The van der Waals surface area contributed by atoms with Crippen molar-refractivity contribution in [3.63, 3.8) is 0 Å². The van der Waals surface area contributed by atoms with Crippen LogP contribution >= 0.6 is 11.3 Å². The molecule has 0 saturated carbocycles. The van der Waals surface area contributed by atoms with Crippen LogP contribution in [-0.4, -0.2) is 22.4 Å². The number of carbonyl (C=O) groups is 1. The Morgan fingerprint density at radius 2 is 1.90 bits per heavy atom. The Kier molecular flexibility index (Phi) is 6.91. The minimum absolute atomic E-state index is 0.0287. The number of carbonyl (C=O) groups excluding carboxylic acids is 1. The number of aromatic nitrogens is 1. The fourth-order valence-corrected chi connectivity index (χ4v) is 3.38. The Morgan fingerprint density at radius 1 is 1.17 bits per heavy atom. The van der Waals surface area contributed by atoms with Crippen LogP contribution in [0.1, 0.15) is 25.3 Å². The molecule has 150 valence electrons. The molecule has 0 fully saturated rings. The highest BCUT2D eigenvalue weighted by molar-refractivity contribution is 7.14. The fourth-order valence-electron chi connectivity index (χ4n) is 2.64. The second-order valence-corrected chi connectivity index (χ2v) is 7.20. The van der Waals surface area contributed by atoms with E-state index in [9.17, 15) is 14.9 Å². The number of nitro benzene ring substituents is 1. The lowest BCUT2D eigenvalue weighted by Gasteiger charge is -2.06. The predicted octanol–water partition coefficient (Wildman–Crippen LogP) is 5.08. The van der Waals surface area contributed by atoms with Gasteiger partial charge in [-0.2, -0.15) is 0 Å². The Morgan fingerprint density at radius 3 is 2.55 bits per heavy atom. The van der Waals surface area contributed by atoms with E-state index in [1.807, 2.05) is 24.3 Å². The van der Waals surface area contributed by atoms with Gasteiger partial charge in [0.2, 0.25) is 5.91 Å². The molecule has 3 aromatic rings. The van der Waals surface area contributed by atoms with Crippen LogP contribution in [0.3, 0.4) is 0 Å². The number of ether oxygens (including phenoxy) is 1. The van der Waals surface area contributed by atoms with E-state index in [-0.39, 0.29) is 11.6 Å². The van der Waals surface area contributed by atoms with Gasteiger partial charge in [0.25, 0.3) is 5.69 Å². The number of anilines is 1. The number of nitrogens with zero attached hydrogens (tertiary/aromatic N) is 2. The van der Waals surface area contributed by atoms with Gasteiger partial charge >= 0.3 is 0 Å². The molecule has 7 nitrogen and oxygen atoms in total. The smallest absolute Gasteiger partial charge is 0.269 e. The summed E-state index contributed by atoms with van der Waals surface area (Å²) < 4.78 is 5.65. The standard InChI is InChI=1S/C21H21N3O4S/c1-2-15-5-11-18(12-6-15)28-13-3-4-20(25)23-21-22-19(14-29-21)16-7-9-17(10-8-16)24(26)27/h5-12,14H,2-4,13H2,1H3,(H,22,23,25). The van der Waals surface area contributed by atoms with E-state index in [2.05, 4.69) is 17.2 Å². The van der Waals surface area contributed by atoms with Gasteiger partial charge in [0, 0.05) is 29.5 Å². The summed E-state index contributed by atoms with van der Waals surface area (Å²) in [5.41, 5.74) is 2.71. The molecule has 8 heteroatoms. The molecule has 0 spiro atoms. The normalized spacial score (nSPS) is 10.5. The van der Waals surface area contributed by atoms with E-state index in [4.69, 9.17) is 4.74 Å². The van der Waals surface area contributed by atoms with E-state index < -0.39 is 4.92 Å². The van der Waals surface area contributed by atoms with Crippen molar-refractivity contribution in [1.82, 2.24) is 4.98 Å². The molecule has 0 atom stereocenters. The number of hydrogen-bond acceptors (Lipinski definition) is 6. The quantitative estimate of drug-likeness (QED) is 0.301. The Labute approximate surface area is 172 Å². The van der Waals surface area contributed by atoms with Gasteiger partial charge in [0.05, 0.1) is 17.2 Å². The molecule has 0 saturated heterocycles. The van der Waals surface area contributed by atoms with Crippen molar-refractivity contribution >= 4 is 28.1 Å². The number of nitro groups is 1. The Balaban J connectivity index is 1.44. The molecule has 0 aliphatic carbocycles. The van der Waals surface area contributed by atoms with Gasteiger partial charge in [-0.25, -0.2) is 4.98 Å². The average Bonchev–Trinajstić information content (AvgIpc) is 3.20. The maximum absolute atomic E-state index is 12.1. The second-order valence-electron chi connectivity index (χ2n) is 6.34. The lowest BCUT2D eigenvalue weighted by atomic mass is 10.1. The molecule has 1 amide bonds. The van der Waals surface area contributed by atoms with Gasteiger partial charge in [-0.15, -0.1) is 11.3 Å². The van der Waals surface area contributed by atoms with Crippen LogP contribution in [0, 0.1) is 10.1 Å². The van der Waals surface area contributed by atoms with Crippen LogP contribution in [0.5, 0.6) is 5.75 Å². The molecule has 0 aliphatic heterocycles. The molecule has 0 radical (unpaired) electrons. The predicted molar refractivity (Wildman–Crippen MR) is 113 cm³/mol. The number of aryl methyl sites for hydroxylation is 1. The van der Waals surface area contributed by atoms with Crippen LogP contribution in [0.2, 0.25) is 0 Å². The first-order valence-corrected chi connectivity index (χ1v) is 10.1. The summed E-state index contributed by atoms with van der Waals surface area (Å²) in [5.74, 6) is 0.676. The van der Waals surface area contributed by atoms with Gasteiger partial charge in [0.15, 0.2) is 5.13 Å². The zero-order chi connectivity index (χ0) is 20.6. The van der Waals surface area contributed by atoms with Crippen molar-refractivity contribution in [2.75, 3.05) is 11.9 Å². The number of hydrogen-bond donors (Lipinski definition) is 1. The number of thiazole rings is 1. The van der Waals surface area contributed by atoms with Gasteiger partial charge in [-0.1, -0.05) is 19.1 Å². The van der Waals surface area contributed by atoms with Gasteiger partial charge in [0.1, 0.15) is 5.75 Å². The molecule has 3 rings (SSSR count). The number of non-ortho nitro benzene ring substituents is 1. The molecule has 0 bridgehead atoms. The molecule has 0 aliphatic rings. The highest BCUT2D eigenvalue weighted by Gasteiger charge is 2.10. The number of nitrogens with one attached hydrogen (secondary N) is 1. The van der Waals surface area contributed by atoms with Crippen LogP contribution in [0.15, 0.2) is 53.9 Å². The summed E-state index contributed by atoms with van der Waals surface area (Å²) in [5, 5.41) is 15.8. The summed E-state index contributed by atoms with van der Waals surface area (Å²) in [7, 11) is 0. The molecule has 1 N–H and O–H groups in total. The van der Waals surface area contributed by atoms with Gasteiger partial charge in [-0.05, 0) is 42.7 Å². The third-order valence-corrected chi connectivity index (χ3v) is 5.03. The zero-order valence-electron chi connectivity index (χ0n) is 16.0. The van der Waals surface area contributed by atoms with Crippen molar-refractivity contribution in [3.8, 4) is 17.0 Å². The summed E-state index contributed by atoms with van der Waals surface area (Å²) >= 11 is 1.31. The van der Waals surface area contributed by atoms with Gasteiger partial charge in [-0.3, -0.25) is 14.9 Å². The minimum atomic E-state index is -0.444. The summed E-state index contributed by atoms with van der Waals surface area (Å²) in [4.78, 5) is 26.8. The first-order chi connectivity index (χ1) is 14.0. The van der Waals surface area contributed by atoms with Crippen LogP contribution in [-0.2, 0) is 11.2 Å². The molecule has 29 heavy (non-hydrogen) atoms. The van der Waals surface area contributed by atoms with Crippen LogP contribution < -0.4 is 10.1 Å². The fraction of sp³-hybridized carbons (Fsp3) is 0.238. The first kappa shape index (κ1) is 20.5. The average molecular weight is 411 g/mol. The highest BCUT2D eigenvalue weighted by Crippen LogP contribution is 2.26. The number of amides is 1. The van der Waals surface area contributed by atoms with Crippen molar-refractivity contribution in [3.05, 3.63) is 69.6 Å². The van der Waals surface area contributed by atoms with Crippen LogP contribution in [0.25, 0.3) is 11.3 Å². The summed E-state index contributed by atoms with van der Waals surface area (Å²) in [6.45, 7) is 2.57. The maximum atomic E-state index is 12.1. The molecule has 0 unspecified atom stereocenters. The topological polar surface area (TPSA) is 94.4 Å². The SMILES string of the molecule is CCc1ccc(OCCCC(=O)Nc2nc(-c3ccc([N+](=O)[O-])cc3)cs2)cc1. The maximum Gasteiger partial charge on any atom is 0.269 e. The van der Waals surface area contributed by atoms with Crippen LogP contribution in [0.4, 0.5) is 10.8 Å². The van der Waals surface area contributed by atoms with Crippen molar-refractivity contribution in [2.24, 2.45) is 0 Å². The largest absolute Gasteiger partial charge is 0.494 e. The van der Waals surface area contributed by atoms with E-state index >= 15 is 0 Å². The lowest BCUT2D eigenvalue weighted by Crippen LogP contribution is -2.12. The third kappa shape index (κ3) is 5.86. The monoisotopic (exact) mass is 411 g/mol. The Bertz CT molecular complexity index is 968. The Hall–Kier alpha value is -3.26. The molecule has 1 aromatic heterocycles.